The molecule has 0 spiro atoms. The van der Waals surface area contributed by atoms with Crippen LogP contribution in [0.5, 0.6) is 0 Å². The number of nitrogens with two attached hydrogens (primary N) is 1. The number of hydrogen-bond donors (Lipinski definition) is 1. The van der Waals surface area contributed by atoms with Gasteiger partial charge in [0.15, 0.2) is 0 Å². The molecule has 0 aliphatic carbocycles. The molecule has 3 nitrogen and oxygen atoms in total. The minimum Gasteiger partial charge on any atom is -0.333 e. The highest BCUT2D eigenvalue weighted by molar-refractivity contribution is 6.36. The first-order chi connectivity index (χ1) is 11.0. The smallest absolute Gasteiger partial charge is 0.240 e. The third-order valence-electron chi connectivity index (χ3n) is 4.31. The summed E-state index contributed by atoms with van der Waals surface area (Å²) in [6.45, 7) is 3.10. The van der Waals surface area contributed by atoms with Crippen molar-refractivity contribution < 1.29 is 4.79 Å². The number of halogens is 2. The second-order valence-electron chi connectivity index (χ2n) is 5.92. The minimum atomic E-state index is -0.609. The van der Waals surface area contributed by atoms with Crippen LogP contribution in [0.15, 0.2) is 36.4 Å². The monoisotopic (exact) mass is 348 g/mol. The fourth-order valence-electron chi connectivity index (χ4n) is 2.92. The highest BCUT2D eigenvalue weighted by atomic mass is 35.5. The third kappa shape index (κ3) is 3.23. The molecule has 2 N–H and O–H groups in total. The van der Waals surface area contributed by atoms with Gasteiger partial charge < -0.3 is 10.6 Å². The van der Waals surface area contributed by atoms with Gasteiger partial charge in [0.05, 0.1) is 6.04 Å². The lowest BCUT2D eigenvalue weighted by Crippen LogP contribution is -2.42. The second-order valence-corrected chi connectivity index (χ2v) is 6.70. The summed E-state index contributed by atoms with van der Waals surface area (Å²) in [6.07, 6.45) is 0.405. The van der Waals surface area contributed by atoms with Crippen molar-refractivity contribution in [2.24, 2.45) is 5.73 Å². The maximum atomic E-state index is 12.6. The molecule has 0 fully saturated rings. The molecular weight excluding hydrogens is 331 g/mol. The van der Waals surface area contributed by atoms with E-state index in [9.17, 15) is 4.79 Å². The highest BCUT2D eigenvalue weighted by Crippen LogP contribution is 2.28. The number of rotatable bonds is 3. The summed E-state index contributed by atoms with van der Waals surface area (Å²) in [5.74, 6) is -0.0510. The van der Waals surface area contributed by atoms with Gasteiger partial charge in [-0.05, 0) is 41.7 Å². The van der Waals surface area contributed by atoms with E-state index in [1.54, 1.807) is 11.0 Å². The van der Waals surface area contributed by atoms with Crippen LogP contribution in [0.3, 0.4) is 0 Å². The summed E-state index contributed by atoms with van der Waals surface area (Å²) >= 11 is 12.4. The number of carbonyl (C=O) groups is 1. The lowest BCUT2D eigenvalue weighted by atomic mass is 10.0. The lowest BCUT2D eigenvalue weighted by molar-refractivity contribution is -0.133. The molecule has 1 unspecified atom stereocenters. The summed E-state index contributed by atoms with van der Waals surface area (Å²) in [4.78, 5) is 14.4. The van der Waals surface area contributed by atoms with E-state index >= 15 is 0 Å². The van der Waals surface area contributed by atoms with Crippen molar-refractivity contribution in [3.63, 3.8) is 0 Å². The van der Waals surface area contributed by atoms with Crippen molar-refractivity contribution in [1.82, 2.24) is 4.90 Å². The van der Waals surface area contributed by atoms with Crippen molar-refractivity contribution in [2.45, 2.75) is 32.5 Å². The summed E-state index contributed by atoms with van der Waals surface area (Å²) in [6, 6.07) is 11.1. The van der Waals surface area contributed by atoms with E-state index in [-0.39, 0.29) is 5.91 Å². The summed E-state index contributed by atoms with van der Waals surface area (Å²) in [5, 5.41) is 1.21. The largest absolute Gasteiger partial charge is 0.333 e. The lowest BCUT2D eigenvalue weighted by Gasteiger charge is -2.21. The van der Waals surface area contributed by atoms with E-state index in [4.69, 9.17) is 28.9 Å². The molecule has 23 heavy (non-hydrogen) atoms. The Morgan fingerprint density at radius 3 is 2.39 bits per heavy atom. The molecule has 1 aliphatic rings. The standard InChI is InChI=1S/C18H18Cl2N2O/c1-11-15(19)7-6-12(17(11)20)8-16(21)18(23)22-9-13-4-2-3-5-14(13)10-22/h2-7,16H,8-10,21H2,1H3. The van der Waals surface area contributed by atoms with Gasteiger partial charge in [-0.15, -0.1) is 0 Å². The number of benzene rings is 2. The van der Waals surface area contributed by atoms with E-state index in [0.717, 1.165) is 11.1 Å². The Morgan fingerprint density at radius 2 is 1.78 bits per heavy atom. The Balaban J connectivity index is 1.71. The molecular formula is C18H18Cl2N2O. The van der Waals surface area contributed by atoms with Gasteiger partial charge in [0.2, 0.25) is 5.91 Å². The van der Waals surface area contributed by atoms with Crippen LogP contribution >= 0.6 is 23.2 Å². The Labute approximate surface area is 146 Å². The molecule has 2 aromatic carbocycles. The fraction of sp³-hybridized carbons (Fsp3) is 0.278. The van der Waals surface area contributed by atoms with Crippen LogP contribution in [0.1, 0.15) is 22.3 Å². The maximum Gasteiger partial charge on any atom is 0.240 e. The van der Waals surface area contributed by atoms with E-state index in [2.05, 4.69) is 0 Å². The van der Waals surface area contributed by atoms with Crippen molar-refractivity contribution in [3.05, 3.63) is 68.7 Å². The Morgan fingerprint density at radius 1 is 1.17 bits per heavy atom. The van der Waals surface area contributed by atoms with Crippen LogP contribution in [0.2, 0.25) is 10.0 Å². The molecule has 1 atom stereocenters. The average molecular weight is 349 g/mol. The van der Waals surface area contributed by atoms with Gasteiger partial charge in [-0.2, -0.15) is 0 Å². The van der Waals surface area contributed by atoms with E-state index < -0.39 is 6.04 Å². The summed E-state index contributed by atoms with van der Waals surface area (Å²) < 4.78 is 0. The Kier molecular flexibility index (Phi) is 4.62. The molecule has 1 amide bonds. The van der Waals surface area contributed by atoms with Gasteiger partial charge in [0.25, 0.3) is 0 Å². The van der Waals surface area contributed by atoms with Gasteiger partial charge in [0, 0.05) is 23.1 Å². The van der Waals surface area contributed by atoms with E-state index in [1.807, 2.05) is 37.3 Å². The van der Waals surface area contributed by atoms with Crippen LogP contribution in [0.4, 0.5) is 0 Å². The Bertz CT molecular complexity index is 736. The van der Waals surface area contributed by atoms with Crippen molar-refractivity contribution in [3.8, 4) is 0 Å². The van der Waals surface area contributed by atoms with Crippen molar-refractivity contribution >= 4 is 29.1 Å². The van der Waals surface area contributed by atoms with Gasteiger partial charge in [-0.1, -0.05) is 53.5 Å². The molecule has 1 aliphatic heterocycles. The molecule has 0 radical (unpaired) electrons. The molecule has 0 saturated heterocycles. The second kappa shape index (κ2) is 6.52. The summed E-state index contributed by atoms with van der Waals surface area (Å²) in [5.41, 5.74) is 10.2. The van der Waals surface area contributed by atoms with Crippen LogP contribution in [-0.4, -0.2) is 16.8 Å². The SMILES string of the molecule is Cc1c(Cl)ccc(CC(N)C(=O)N2Cc3ccccc3C2)c1Cl. The molecule has 2 aromatic rings. The summed E-state index contributed by atoms with van der Waals surface area (Å²) in [7, 11) is 0. The number of carbonyl (C=O) groups excluding carboxylic acids is 1. The zero-order chi connectivity index (χ0) is 16.6. The minimum absolute atomic E-state index is 0.0510. The molecule has 0 saturated carbocycles. The van der Waals surface area contributed by atoms with Gasteiger partial charge in [-0.3, -0.25) is 4.79 Å². The first-order valence-corrected chi connectivity index (χ1v) is 8.27. The normalized spacial score (nSPS) is 14.7. The van der Waals surface area contributed by atoms with Crippen LogP contribution in [0.25, 0.3) is 0 Å². The topological polar surface area (TPSA) is 46.3 Å². The molecule has 5 heteroatoms. The third-order valence-corrected chi connectivity index (χ3v) is 5.25. The molecule has 3 rings (SSSR count). The number of nitrogens with zero attached hydrogens (tertiary/aromatic N) is 1. The van der Waals surface area contributed by atoms with E-state index in [0.29, 0.717) is 29.6 Å². The van der Waals surface area contributed by atoms with Gasteiger partial charge in [-0.25, -0.2) is 0 Å². The number of fused-ring (bicyclic) bond motifs is 1. The van der Waals surface area contributed by atoms with Gasteiger partial charge >= 0.3 is 0 Å². The van der Waals surface area contributed by atoms with E-state index in [1.165, 1.54) is 11.1 Å². The number of hydrogen-bond acceptors (Lipinski definition) is 2. The molecule has 0 aromatic heterocycles. The van der Waals surface area contributed by atoms with Crippen LogP contribution in [-0.2, 0) is 24.3 Å². The zero-order valence-electron chi connectivity index (χ0n) is 12.9. The van der Waals surface area contributed by atoms with Crippen molar-refractivity contribution in [1.29, 1.82) is 0 Å². The first-order valence-electron chi connectivity index (χ1n) is 7.52. The molecule has 1 heterocycles. The maximum absolute atomic E-state index is 12.6. The van der Waals surface area contributed by atoms with Crippen LogP contribution < -0.4 is 5.73 Å². The fourth-order valence-corrected chi connectivity index (χ4v) is 3.37. The first kappa shape index (κ1) is 16.3. The van der Waals surface area contributed by atoms with Gasteiger partial charge in [0.1, 0.15) is 0 Å². The predicted octanol–water partition coefficient (Wildman–Crippen LogP) is 3.71. The predicted molar refractivity (Wildman–Crippen MR) is 93.6 cm³/mol. The average Bonchev–Trinajstić information content (AvgIpc) is 2.98. The van der Waals surface area contributed by atoms with Crippen LogP contribution in [0, 0.1) is 6.92 Å². The molecule has 120 valence electrons. The quantitative estimate of drug-likeness (QED) is 0.918. The zero-order valence-corrected chi connectivity index (χ0v) is 14.4. The number of amides is 1. The van der Waals surface area contributed by atoms with Crippen molar-refractivity contribution in [2.75, 3.05) is 0 Å². The molecule has 0 bridgehead atoms. The Hall–Kier alpha value is -1.55. The highest BCUT2D eigenvalue weighted by Gasteiger charge is 2.27.